The molecule has 1 atom stereocenters. The van der Waals surface area contributed by atoms with E-state index in [9.17, 15) is 4.79 Å². The molecule has 4 aromatic rings. The maximum Gasteiger partial charge on any atom is 0.194 e. The third-order valence-corrected chi connectivity index (χ3v) is 6.32. The summed E-state index contributed by atoms with van der Waals surface area (Å²) in [5, 5.41) is 1.99. The number of aldehydes is 1. The molecule has 1 saturated heterocycles. The Bertz CT molecular complexity index is 1020. The predicted molar refractivity (Wildman–Crippen MR) is 114 cm³/mol. The van der Waals surface area contributed by atoms with Crippen LogP contribution >= 0.6 is 0 Å². The summed E-state index contributed by atoms with van der Waals surface area (Å²) in [6, 6.07) is 20.1. The summed E-state index contributed by atoms with van der Waals surface area (Å²) in [4.78, 5) is 15.3. The second-order valence-electron chi connectivity index (χ2n) is 7.93. The van der Waals surface area contributed by atoms with Gasteiger partial charge in [-0.15, -0.1) is 0 Å². The van der Waals surface area contributed by atoms with Gasteiger partial charge in [0.05, 0.1) is 0 Å². The third kappa shape index (κ3) is 2.82. The van der Waals surface area contributed by atoms with Gasteiger partial charge in [0.25, 0.3) is 0 Å². The van der Waals surface area contributed by atoms with E-state index >= 15 is 0 Å². The van der Waals surface area contributed by atoms with Gasteiger partial charge in [-0.3, -0.25) is 4.90 Å². The highest BCUT2D eigenvalue weighted by Crippen LogP contribution is 2.43. The number of furan rings is 2. The molecule has 4 heteroatoms. The Balaban J connectivity index is 1.77. The number of fused-ring (bicyclic) bond motifs is 2. The van der Waals surface area contributed by atoms with Crippen molar-refractivity contribution >= 4 is 28.2 Å². The molecule has 0 saturated carbocycles. The summed E-state index contributed by atoms with van der Waals surface area (Å²) in [6.07, 6.45) is 5.33. The molecule has 1 aliphatic heterocycles. The molecule has 5 rings (SSSR count). The predicted octanol–water partition coefficient (Wildman–Crippen LogP) is 5.89. The number of hydrogen-bond acceptors (Lipinski definition) is 4. The van der Waals surface area contributed by atoms with Crippen molar-refractivity contribution in [2.24, 2.45) is 0 Å². The molecule has 148 valence electrons. The largest absolute Gasteiger partial charge is 0.458 e. The van der Waals surface area contributed by atoms with E-state index < -0.39 is 5.54 Å². The minimum atomic E-state index is -1.07. The normalized spacial score (nSPS) is 18.4. The number of piperidine rings is 1. The SMILES string of the molecule is CCC1CCCCN1C(C=O)(c1cc2ccccc2o1)c1cc2ccccc2o1. The zero-order chi connectivity index (χ0) is 19.8. The van der Waals surface area contributed by atoms with E-state index in [4.69, 9.17) is 8.83 Å². The molecule has 0 spiro atoms. The maximum atomic E-state index is 13.0. The molecule has 0 aliphatic carbocycles. The van der Waals surface area contributed by atoms with Crippen LogP contribution in [-0.2, 0) is 10.3 Å². The first kappa shape index (κ1) is 18.2. The van der Waals surface area contributed by atoms with E-state index in [1.54, 1.807) is 0 Å². The zero-order valence-electron chi connectivity index (χ0n) is 16.6. The highest BCUT2D eigenvalue weighted by atomic mass is 16.4. The topological polar surface area (TPSA) is 46.6 Å². The minimum Gasteiger partial charge on any atom is -0.458 e. The van der Waals surface area contributed by atoms with Crippen LogP contribution in [0.15, 0.2) is 69.5 Å². The van der Waals surface area contributed by atoms with Gasteiger partial charge in [-0.2, -0.15) is 0 Å². The van der Waals surface area contributed by atoms with Crippen LogP contribution in [0, 0.1) is 0 Å². The molecule has 1 aliphatic rings. The monoisotopic (exact) mass is 387 g/mol. The Morgan fingerprint density at radius 3 is 2.07 bits per heavy atom. The van der Waals surface area contributed by atoms with Gasteiger partial charge in [-0.25, -0.2) is 0 Å². The summed E-state index contributed by atoms with van der Waals surface area (Å²) in [5.74, 6) is 1.27. The minimum absolute atomic E-state index is 0.301. The average molecular weight is 387 g/mol. The standard InChI is InChI=1S/C25H25NO3/c1-2-20-11-7-8-14-26(20)25(17-27,23-15-18-9-3-5-12-21(18)28-23)24-16-19-10-4-6-13-22(19)29-24/h3-6,9-10,12-13,15-17,20H,2,7-8,11,14H2,1H3. The molecule has 0 bridgehead atoms. The number of hydrogen-bond donors (Lipinski definition) is 0. The lowest BCUT2D eigenvalue weighted by molar-refractivity contribution is -0.121. The lowest BCUT2D eigenvalue weighted by Crippen LogP contribution is -2.55. The van der Waals surface area contributed by atoms with Gasteiger partial charge in [-0.1, -0.05) is 49.7 Å². The Hall–Kier alpha value is -2.85. The number of para-hydroxylation sites is 2. The van der Waals surface area contributed by atoms with Gasteiger partial charge in [0.2, 0.25) is 0 Å². The molecule has 29 heavy (non-hydrogen) atoms. The average Bonchev–Trinajstić information content (AvgIpc) is 3.40. The molecule has 0 radical (unpaired) electrons. The molecule has 4 nitrogen and oxygen atoms in total. The van der Waals surface area contributed by atoms with Gasteiger partial charge in [0.1, 0.15) is 22.7 Å². The van der Waals surface area contributed by atoms with Gasteiger partial charge in [0.15, 0.2) is 11.8 Å². The summed E-state index contributed by atoms with van der Waals surface area (Å²) < 4.78 is 12.6. The van der Waals surface area contributed by atoms with Crippen LogP contribution in [0.2, 0.25) is 0 Å². The van der Waals surface area contributed by atoms with Crippen LogP contribution in [0.4, 0.5) is 0 Å². The molecule has 1 fully saturated rings. The Morgan fingerprint density at radius 2 is 1.55 bits per heavy atom. The van der Waals surface area contributed by atoms with Crippen molar-refractivity contribution < 1.29 is 13.6 Å². The fourth-order valence-corrected chi connectivity index (χ4v) is 4.82. The van der Waals surface area contributed by atoms with E-state index in [2.05, 4.69) is 11.8 Å². The number of likely N-dealkylation sites (tertiary alicyclic amines) is 1. The van der Waals surface area contributed by atoms with Crippen molar-refractivity contribution in [1.82, 2.24) is 4.90 Å². The smallest absolute Gasteiger partial charge is 0.194 e. The summed E-state index contributed by atoms with van der Waals surface area (Å²) in [7, 11) is 0. The number of carbonyl (C=O) groups is 1. The van der Waals surface area contributed by atoms with E-state index in [0.29, 0.717) is 17.6 Å². The first-order valence-corrected chi connectivity index (χ1v) is 10.5. The second kappa shape index (κ2) is 7.20. The van der Waals surface area contributed by atoms with Crippen LogP contribution in [0.5, 0.6) is 0 Å². The van der Waals surface area contributed by atoms with Gasteiger partial charge in [-0.05, 0) is 43.5 Å². The molecular formula is C25H25NO3. The Kier molecular flexibility index (Phi) is 4.51. The fourth-order valence-electron chi connectivity index (χ4n) is 4.82. The Labute approximate surface area is 170 Å². The van der Waals surface area contributed by atoms with Crippen molar-refractivity contribution in [2.75, 3.05) is 6.54 Å². The van der Waals surface area contributed by atoms with Crippen molar-refractivity contribution in [3.8, 4) is 0 Å². The number of nitrogens with zero attached hydrogens (tertiary/aromatic N) is 1. The van der Waals surface area contributed by atoms with Crippen LogP contribution in [-0.4, -0.2) is 23.8 Å². The lowest BCUT2D eigenvalue weighted by Gasteiger charge is -2.44. The van der Waals surface area contributed by atoms with Crippen LogP contribution in [0.25, 0.3) is 21.9 Å². The van der Waals surface area contributed by atoms with Crippen molar-refractivity contribution in [1.29, 1.82) is 0 Å². The van der Waals surface area contributed by atoms with E-state index in [1.807, 2.05) is 60.7 Å². The third-order valence-electron chi connectivity index (χ3n) is 6.32. The zero-order valence-corrected chi connectivity index (χ0v) is 16.6. The van der Waals surface area contributed by atoms with Gasteiger partial charge < -0.3 is 13.6 Å². The first-order chi connectivity index (χ1) is 14.3. The quantitative estimate of drug-likeness (QED) is 0.401. The van der Waals surface area contributed by atoms with Crippen LogP contribution in [0.1, 0.15) is 44.1 Å². The van der Waals surface area contributed by atoms with E-state index in [1.165, 1.54) is 6.42 Å². The molecule has 3 heterocycles. The number of carbonyl (C=O) groups excluding carboxylic acids is 1. The molecule has 2 aromatic heterocycles. The summed E-state index contributed by atoms with van der Waals surface area (Å²) in [6.45, 7) is 3.03. The summed E-state index contributed by atoms with van der Waals surface area (Å²) >= 11 is 0. The van der Waals surface area contributed by atoms with Gasteiger partial charge >= 0.3 is 0 Å². The number of rotatable bonds is 5. The van der Waals surface area contributed by atoms with Crippen LogP contribution in [0.3, 0.4) is 0 Å². The summed E-state index contributed by atoms with van der Waals surface area (Å²) in [5.41, 5.74) is 0.504. The van der Waals surface area contributed by atoms with Crippen molar-refractivity contribution in [3.63, 3.8) is 0 Å². The highest BCUT2D eigenvalue weighted by Gasteiger charge is 2.49. The number of benzene rings is 2. The molecule has 2 aromatic carbocycles. The van der Waals surface area contributed by atoms with Gasteiger partial charge in [0, 0.05) is 23.4 Å². The molecule has 0 N–H and O–H groups in total. The van der Waals surface area contributed by atoms with Crippen molar-refractivity contribution in [3.05, 3.63) is 72.2 Å². The van der Waals surface area contributed by atoms with E-state index in [-0.39, 0.29) is 0 Å². The van der Waals surface area contributed by atoms with Crippen molar-refractivity contribution in [2.45, 2.75) is 44.2 Å². The molecular weight excluding hydrogens is 362 g/mol. The maximum absolute atomic E-state index is 13.0. The highest BCUT2D eigenvalue weighted by molar-refractivity contribution is 5.84. The van der Waals surface area contributed by atoms with Crippen LogP contribution < -0.4 is 0 Å². The fraction of sp³-hybridized carbons (Fsp3) is 0.320. The molecule has 1 unspecified atom stereocenters. The molecule has 0 amide bonds. The Morgan fingerprint density at radius 1 is 0.966 bits per heavy atom. The lowest BCUT2D eigenvalue weighted by atomic mass is 9.86. The van der Waals surface area contributed by atoms with E-state index in [0.717, 1.165) is 54.0 Å². The second-order valence-corrected chi connectivity index (χ2v) is 7.93. The first-order valence-electron chi connectivity index (χ1n) is 10.5.